The number of hydrogen-bond acceptors (Lipinski definition) is 2. The number of rotatable bonds is 3. The molecule has 0 bridgehead atoms. The summed E-state index contributed by atoms with van der Waals surface area (Å²) >= 11 is 0. The zero-order valence-electron chi connectivity index (χ0n) is 11.4. The Hall–Kier alpha value is -1.06. The van der Waals surface area contributed by atoms with Crippen LogP contribution in [-0.2, 0) is 9.59 Å². The predicted octanol–water partition coefficient (Wildman–Crippen LogP) is 1.36. The van der Waals surface area contributed by atoms with E-state index >= 15 is 0 Å². The molecule has 0 saturated carbocycles. The topological polar surface area (TPSA) is 40.6 Å². The zero-order chi connectivity index (χ0) is 13.0. The van der Waals surface area contributed by atoms with Crippen molar-refractivity contribution in [2.75, 3.05) is 26.2 Å². The third-order valence-electron chi connectivity index (χ3n) is 3.02. The monoisotopic (exact) mass is 240 g/mol. The Morgan fingerprint density at radius 3 is 1.82 bits per heavy atom. The van der Waals surface area contributed by atoms with E-state index < -0.39 is 0 Å². The first-order valence-electron chi connectivity index (χ1n) is 6.48. The van der Waals surface area contributed by atoms with E-state index in [2.05, 4.69) is 13.8 Å². The molecular formula is C13H24N2O2. The van der Waals surface area contributed by atoms with Gasteiger partial charge < -0.3 is 9.80 Å². The Morgan fingerprint density at radius 2 is 1.41 bits per heavy atom. The first-order valence-corrected chi connectivity index (χ1v) is 6.48. The van der Waals surface area contributed by atoms with Crippen molar-refractivity contribution in [3.63, 3.8) is 0 Å². The number of carbonyl (C=O) groups excluding carboxylic acids is 2. The largest absolute Gasteiger partial charge is 0.339 e. The molecule has 4 heteroatoms. The highest BCUT2D eigenvalue weighted by atomic mass is 16.2. The molecule has 0 aromatic rings. The molecule has 0 spiro atoms. The van der Waals surface area contributed by atoms with Gasteiger partial charge in [0.2, 0.25) is 11.8 Å². The summed E-state index contributed by atoms with van der Waals surface area (Å²) in [4.78, 5) is 27.4. The molecular weight excluding hydrogens is 216 g/mol. The Labute approximate surface area is 104 Å². The molecule has 1 fully saturated rings. The molecule has 1 saturated heterocycles. The fourth-order valence-corrected chi connectivity index (χ4v) is 2.02. The number of hydrogen-bond donors (Lipinski definition) is 0. The molecule has 0 radical (unpaired) electrons. The van der Waals surface area contributed by atoms with Gasteiger partial charge in [0.15, 0.2) is 0 Å². The van der Waals surface area contributed by atoms with Crippen molar-refractivity contribution >= 4 is 11.8 Å². The summed E-state index contributed by atoms with van der Waals surface area (Å²) in [5.41, 5.74) is 0. The number of amides is 2. The second-order valence-electron chi connectivity index (χ2n) is 5.46. The second-order valence-corrected chi connectivity index (χ2v) is 5.46. The summed E-state index contributed by atoms with van der Waals surface area (Å²) in [5.74, 6) is 0.864. The van der Waals surface area contributed by atoms with Crippen molar-refractivity contribution in [2.24, 2.45) is 11.8 Å². The molecule has 0 aliphatic carbocycles. The SMILES string of the molecule is CC(C)CC(=O)N1CCN(C(=O)C(C)C)CC1. The van der Waals surface area contributed by atoms with Gasteiger partial charge >= 0.3 is 0 Å². The zero-order valence-corrected chi connectivity index (χ0v) is 11.4. The average molecular weight is 240 g/mol. The van der Waals surface area contributed by atoms with Crippen LogP contribution in [0.5, 0.6) is 0 Å². The minimum atomic E-state index is 0.0490. The van der Waals surface area contributed by atoms with E-state index in [1.807, 2.05) is 23.6 Å². The molecule has 0 unspecified atom stereocenters. The number of piperazine rings is 1. The smallest absolute Gasteiger partial charge is 0.225 e. The van der Waals surface area contributed by atoms with Gasteiger partial charge in [0, 0.05) is 38.5 Å². The summed E-state index contributed by atoms with van der Waals surface area (Å²) in [6, 6.07) is 0. The highest BCUT2D eigenvalue weighted by Gasteiger charge is 2.25. The maximum Gasteiger partial charge on any atom is 0.225 e. The summed E-state index contributed by atoms with van der Waals surface area (Å²) in [6.07, 6.45) is 0.609. The minimum absolute atomic E-state index is 0.0490. The highest BCUT2D eigenvalue weighted by Crippen LogP contribution is 2.10. The summed E-state index contributed by atoms with van der Waals surface area (Å²) < 4.78 is 0. The van der Waals surface area contributed by atoms with Crippen LogP contribution in [0, 0.1) is 11.8 Å². The lowest BCUT2D eigenvalue weighted by Crippen LogP contribution is -2.51. The van der Waals surface area contributed by atoms with Crippen molar-refractivity contribution in [3.8, 4) is 0 Å². The lowest BCUT2D eigenvalue weighted by Gasteiger charge is -2.36. The molecule has 1 heterocycles. The van der Waals surface area contributed by atoms with Crippen LogP contribution >= 0.6 is 0 Å². The average Bonchev–Trinajstić information content (AvgIpc) is 2.27. The van der Waals surface area contributed by atoms with E-state index in [4.69, 9.17) is 0 Å². The van der Waals surface area contributed by atoms with E-state index in [0.29, 0.717) is 38.5 Å². The van der Waals surface area contributed by atoms with Crippen molar-refractivity contribution in [2.45, 2.75) is 34.1 Å². The molecule has 1 aliphatic heterocycles. The molecule has 1 aliphatic rings. The molecule has 0 aromatic carbocycles. The lowest BCUT2D eigenvalue weighted by molar-refractivity contribution is -0.141. The maximum atomic E-state index is 11.8. The molecule has 0 aromatic heterocycles. The van der Waals surface area contributed by atoms with Crippen LogP contribution in [0.25, 0.3) is 0 Å². The predicted molar refractivity (Wildman–Crippen MR) is 67.5 cm³/mol. The van der Waals surface area contributed by atoms with Gasteiger partial charge in [0.1, 0.15) is 0 Å². The van der Waals surface area contributed by atoms with Crippen LogP contribution in [0.1, 0.15) is 34.1 Å². The van der Waals surface area contributed by atoms with Crippen molar-refractivity contribution in [1.29, 1.82) is 0 Å². The quantitative estimate of drug-likeness (QED) is 0.747. The van der Waals surface area contributed by atoms with Crippen LogP contribution in [0.2, 0.25) is 0 Å². The molecule has 1 rings (SSSR count). The molecule has 4 nitrogen and oxygen atoms in total. The van der Waals surface area contributed by atoms with E-state index in [1.54, 1.807) is 0 Å². The van der Waals surface area contributed by atoms with E-state index in [9.17, 15) is 9.59 Å². The van der Waals surface area contributed by atoms with Crippen molar-refractivity contribution < 1.29 is 9.59 Å². The van der Waals surface area contributed by atoms with Gasteiger partial charge in [-0.2, -0.15) is 0 Å². The number of nitrogens with zero attached hydrogens (tertiary/aromatic N) is 2. The van der Waals surface area contributed by atoms with Gasteiger partial charge in [-0.1, -0.05) is 27.7 Å². The van der Waals surface area contributed by atoms with Crippen molar-refractivity contribution in [3.05, 3.63) is 0 Å². The van der Waals surface area contributed by atoms with Crippen molar-refractivity contribution in [1.82, 2.24) is 9.80 Å². The number of carbonyl (C=O) groups is 2. The first-order chi connectivity index (χ1) is 7.91. The fraction of sp³-hybridized carbons (Fsp3) is 0.846. The fourth-order valence-electron chi connectivity index (χ4n) is 2.02. The molecule has 98 valence electrons. The van der Waals surface area contributed by atoms with E-state index in [-0.39, 0.29) is 17.7 Å². The third-order valence-corrected chi connectivity index (χ3v) is 3.02. The third kappa shape index (κ3) is 4.02. The van der Waals surface area contributed by atoms with Gasteiger partial charge in [0.05, 0.1) is 0 Å². The van der Waals surface area contributed by atoms with Gasteiger partial charge in [-0.3, -0.25) is 9.59 Å². The molecule has 17 heavy (non-hydrogen) atoms. The second kappa shape index (κ2) is 6.03. The summed E-state index contributed by atoms with van der Waals surface area (Å²) in [5, 5.41) is 0. The summed E-state index contributed by atoms with van der Waals surface area (Å²) in [7, 11) is 0. The van der Waals surface area contributed by atoms with Gasteiger partial charge in [-0.05, 0) is 5.92 Å². The van der Waals surface area contributed by atoms with E-state index in [1.165, 1.54) is 0 Å². The highest BCUT2D eigenvalue weighted by molar-refractivity contribution is 5.79. The summed E-state index contributed by atoms with van der Waals surface area (Å²) in [6.45, 7) is 10.7. The standard InChI is InChI=1S/C13H24N2O2/c1-10(2)9-12(16)14-5-7-15(8-6-14)13(17)11(3)4/h10-11H,5-9H2,1-4H3. The Bertz CT molecular complexity index is 279. The van der Waals surface area contributed by atoms with Gasteiger partial charge in [-0.25, -0.2) is 0 Å². The van der Waals surface area contributed by atoms with Crippen LogP contribution in [0.3, 0.4) is 0 Å². The first kappa shape index (κ1) is 14.0. The van der Waals surface area contributed by atoms with Gasteiger partial charge in [0.25, 0.3) is 0 Å². The molecule has 0 atom stereocenters. The Balaban J connectivity index is 2.40. The lowest BCUT2D eigenvalue weighted by atomic mass is 10.1. The normalized spacial score (nSPS) is 16.8. The van der Waals surface area contributed by atoms with Crippen LogP contribution < -0.4 is 0 Å². The van der Waals surface area contributed by atoms with Crippen LogP contribution in [-0.4, -0.2) is 47.8 Å². The van der Waals surface area contributed by atoms with Crippen LogP contribution in [0.4, 0.5) is 0 Å². The minimum Gasteiger partial charge on any atom is -0.339 e. The molecule has 2 amide bonds. The van der Waals surface area contributed by atoms with E-state index in [0.717, 1.165) is 0 Å². The Kier molecular flexibility index (Phi) is 4.97. The Morgan fingerprint density at radius 1 is 0.941 bits per heavy atom. The van der Waals surface area contributed by atoms with Gasteiger partial charge in [-0.15, -0.1) is 0 Å². The van der Waals surface area contributed by atoms with Crippen LogP contribution in [0.15, 0.2) is 0 Å². The maximum absolute atomic E-state index is 11.8. The molecule has 0 N–H and O–H groups in total.